The van der Waals surface area contributed by atoms with Gasteiger partial charge in [-0.05, 0) is 19.1 Å². The number of carboxylic acids is 1. The van der Waals surface area contributed by atoms with Crippen molar-refractivity contribution in [3.05, 3.63) is 71.3 Å². The number of amides is 1. The van der Waals surface area contributed by atoms with Gasteiger partial charge in [0, 0.05) is 5.56 Å². The van der Waals surface area contributed by atoms with Gasteiger partial charge in [-0.2, -0.15) is 0 Å². The van der Waals surface area contributed by atoms with Crippen LogP contribution < -0.4 is 5.32 Å². The van der Waals surface area contributed by atoms with Crippen LogP contribution >= 0.6 is 0 Å². The van der Waals surface area contributed by atoms with Gasteiger partial charge in [0.1, 0.15) is 0 Å². The average Bonchev–Trinajstić information content (AvgIpc) is 2.54. The summed E-state index contributed by atoms with van der Waals surface area (Å²) in [7, 11) is 0. The van der Waals surface area contributed by atoms with E-state index in [2.05, 4.69) is 5.32 Å². The molecule has 2 rings (SSSR count). The number of carbonyl (C=O) groups is 3. The summed E-state index contributed by atoms with van der Waals surface area (Å²) in [6, 6.07) is 13.7. The monoisotopic (exact) mass is 297 g/mol. The number of rotatable bonds is 5. The minimum atomic E-state index is -1.19. The Hall–Kier alpha value is -2.95. The van der Waals surface area contributed by atoms with E-state index in [-0.39, 0.29) is 16.9 Å². The molecule has 0 heterocycles. The molecule has 5 nitrogen and oxygen atoms in total. The molecule has 0 fully saturated rings. The third-order valence-electron chi connectivity index (χ3n) is 3.20. The second-order valence-corrected chi connectivity index (χ2v) is 4.78. The van der Waals surface area contributed by atoms with Crippen molar-refractivity contribution in [2.24, 2.45) is 0 Å². The molecular weight excluding hydrogens is 282 g/mol. The minimum absolute atomic E-state index is 0.0303. The first-order chi connectivity index (χ1) is 10.5. The molecule has 0 saturated heterocycles. The molecule has 2 aromatic carbocycles. The van der Waals surface area contributed by atoms with Crippen LogP contribution in [-0.4, -0.2) is 28.8 Å². The predicted octanol–water partition coefficient (Wildman–Crippen LogP) is 2.39. The number of aromatic carboxylic acids is 1. The summed E-state index contributed by atoms with van der Waals surface area (Å²) in [5.41, 5.74) is 0.420. The van der Waals surface area contributed by atoms with Gasteiger partial charge in [-0.1, -0.05) is 42.5 Å². The first kappa shape index (κ1) is 15.4. The molecule has 0 bridgehead atoms. The van der Waals surface area contributed by atoms with Crippen LogP contribution in [0.1, 0.15) is 38.0 Å². The van der Waals surface area contributed by atoms with Crippen LogP contribution in [0.2, 0.25) is 0 Å². The fourth-order valence-electron chi connectivity index (χ4n) is 2.06. The Kier molecular flexibility index (Phi) is 4.68. The van der Waals surface area contributed by atoms with E-state index < -0.39 is 17.9 Å². The van der Waals surface area contributed by atoms with Gasteiger partial charge >= 0.3 is 5.97 Å². The van der Waals surface area contributed by atoms with Crippen LogP contribution in [0.25, 0.3) is 0 Å². The Morgan fingerprint density at radius 3 is 2.05 bits per heavy atom. The van der Waals surface area contributed by atoms with Crippen molar-refractivity contribution < 1.29 is 19.5 Å². The van der Waals surface area contributed by atoms with Crippen LogP contribution in [0.4, 0.5) is 0 Å². The molecule has 5 heteroatoms. The average molecular weight is 297 g/mol. The summed E-state index contributed by atoms with van der Waals surface area (Å²) >= 11 is 0. The maximum absolute atomic E-state index is 12.2. The topological polar surface area (TPSA) is 83.5 Å². The van der Waals surface area contributed by atoms with Gasteiger partial charge in [0.05, 0.1) is 17.2 Å². The number of nitrogens with one attached hydrogen (secondary N) is 1. The fourth-order valence-corrected chi connectivity index (χ4v) is 2.06. The quantitative estimate of drug-likeness (QED) is 0.830. The van der Waals surface area contributed by atoms with Crippen molar-refractivity contribution in [2.45, 2.75) is 13.0 Å². The number of carboxylic acid groups (broad SMARTS) is 1. The zero-order chi connectivity index (χ0) is 16.1. The van der Waals surface area contributed by atoms with E-state index in [1.807, 2.05) is 0 Å². The lowest BCUT2D eigenvalue weighted by atomic mass is 10.0. The molecule has 0 saturated carbocycles. The minimum Gasteiger partial charge on any atom is -0.478 e. The normalized spacial score (nSPS) is 11.5. The van der Waals surface area contributed by atoms with Crippen LogP contribution in [-0.2, 0) is 0 Å². The van der Waals surface area contributed by atoms with E-state index in [0.29, 0.717) is 5.56 Å². The summed E-state index contributed by atoms with van der Waals surface area (Å²) < 4.78 is 0. The smallest absolute Gasteiger partial charge is 0.336 e. The summed E-state index contributed by atoms with van der Waals surface area (Å²) in [6.07, 6.45) is 0. The van der Waals surface area contributed by atoms with Gasteiger partial charge in [-0.15, -0.1) is 0 Å². The Labute approximate surface area is 127 Å². The van der Waals surface area contributed by atoms with Crippen molar-refractivity contribution in [2.75, 3.05) is 0 Å². The molecule has 2 aromatic rings. The first-order valence-electron chi connectivity index (χ1n) is 6.73. The molecule has 0 aliphatic heterocycles. The van der Waals surface area contributed by atoms with Gasteiger partial charge in [-0.25, -0.2) is 4.79 Å². The maximum atomic E-state index is 12.2. The Morgan fingerprint density at radius 1 is 0.909 bits per heavy atom. The number of ketones is 1. The van der Waals surface area contributed by atoms with Gasteiger partial charge in [-0.3, -0.25) is 9.59 Å². The number of hydrogen-bond donors (Lipinski definition) is 2. The van der Waals surface area contributed by atoms with Crippen LogP contribution in [0, 0.1) is 0 Å². The maximum Gasteiger partial charge on any atom is 0.336 e. The number of Topliss-reactive ketones (excluding diaryl/α,β-unsaturated/α-hetero) is 1. The Morgan fingerprint density at radius 2 is 1.45 bits per heavy atom. The molecule has 22 heavy (non-hydrogen) atoms. The second kappa shape index (κ2) is 6.67. The van der Waals surface area contributed by atoms with E-state index in [1.165, 1.54) is 12.1 Å². The summed E-state index contributed by atoms with van der Waals surface area (Å²) in [5.74, 6) is -2.01. The lowest BCUT2D eigenvalue weighted by molar-refractivity contribution is 0.0690. The number of hydrogen-bond acceptors (Lipinski definition) is 3. The highest BCUT2D eigenvalue weighted by molar-refractivity contribution is 6.08. The zero-order valence-electron chi connectivity index (χ0n) is 11.9. The van der Waals surface area contributed by atoms with Crippen LogP contribution in [0.5, 0.6) is 0 Å². The van der Waals surface area contributed by atoms with Crippen molar-refractivity contribution in [3.8, 4) is 0 Å². The standard InChI is InChI=1S/C17H15NO4/c1-11(15(19)12-7-3-2-4-8-12)18-16(20)13-9-5-6-10-14(13)17(21)22/h2-11H,1H3,(H,18,20)(H,21,22). The van der Waals surface area contributed by atoms with Crippen molar-refractivity contribution in [3.63, 3.8) is 0 Å². The SMILES string of the molecule is CC(NC(=O)c1ccccc1C(=O)O)C(=O)c1ccccc1. The van der Waals surface area contributed by atoms with Gasteiger partial charge in [0.2, 0.25) is 0 Å². The van der Waals surface area contributed by atoms with Gasteiger partial charge in [0.15, 0.2) is 5.78 Å². The lowest BCUT2D eigenvalue weighted by Gasteiger charge is -2.14. The van der Waals surface area contributed by atoms with Gasteiger partial charge in [0.25, 0.3) is 5.91 Å². The molecule has 1 atom stereocenters. The molecule has 0 spiro atoms. The number of benzene rings is 2. The summed E-state index contributed by atoms with van der Waals surface area (Å²) in [4.78, 5) is 35.5. The van der Waals surface area contributed by atoms with Gasteiger partial charge < -0.3 is 10.4 Å². The molecule has 0 aliphatic carbocycles. The largest absolute Gasteiger partial charge is 0.478 e. The molecule has 0 aliphatic rings. The second-order valence-electron chi connectivity index (χ2n) is 4.78. The van der Waals surface area contributed by atoms with Crippen molar-refractivity contribution in [1.29, 1.82) is 0 Å². The Bertz CT molecular complexity index is 710. The molecule has 0 radical (unpaired) electrons. The highest BCUT2D eigenvalue weighted by Gasteiger charge is 2.21. The fraction of sp³-hybridized carbons (Fsp3) is 0.118. The van der Waals surface area contributed by atoms with E-state index in [0.717, 1.165) is 0 Å². The highest BCUT2D eigenvalue weighted by atomic mass is 16.4. The third kappa shape index (κ3) is 3.38. The van der Waals surface area contributed by atoms with E-state index >= 15 is 0 Å². The van der Waals surface area contributed by atoms with Crippen LogP contribution in [0.3, 0.4) is 0 Å². The molecular formula is C17H15NO4. The third-order valence-corrected chi connectivity index (χ3v) is 3.20. The molecule has 0 aromatic heterocycles. The van der Waals surface area contributed by atoms with Crippen molar-refractivity contribution >= 4 is 17.7 Å². The molecule has 112 valence electrons. The number of carbonyl (C=O) groups excluding carboxylic acids is 2. The van der Waals surface area contributed by atoms with E-state index in [1.54, 1.807) is 49.4 Å². The first-order valence-corrected chi connectivity index (χ1v) is 6.73. The molecule has 2 N–H and O–H groups in total. The lowest BCUT2D eigenvalue weighted by Crippen LogP contribution is -2.39. The Balaban J connectivity index is 2.16. The van der Waals surface area contributed by atoms with Crippen molar-refractivity contribution in [1.82, 2.24) is 5.32 Å². The van der Waals surface area contributed by atoms with E-state index in [9.17, 15) is 14.4 Å². The van der Waals surface area contributed by atoms with Crippen LogP contribution in [0.15, 0.2) is 54.6 Å². The van der Waals surface area contributed by atoms with E-state index in [4.69, 9.17) is 5.11 Å². The zero-order valence-corrected chi connectivity index (χ0v) is 11.9. The molecule has 1 unspecified atom stereocenters. The summed E-state index contributed by atoms with van der Waals surface area (Å²) in [6.45, 7) is 1.57. The summed E-state index contributed by atoms with van der Waals surface area (Å²) in [5, 5.41) is 11.6. The highest BCUT2D eigenvalue weighted by Crippen LogP contribution is 2.10. The predicted molar refractivity (Wildman–Crippen MR) is 81.1 cm³/mol. The molecule has 1 amide bonds.